The van der Waals surface area contributed by atoms with E-state index < -0.39 is 18.0 Å². The Balaban J connectivity index is 2.54. The molecule has 1 unspecified atom stereocenters. The van der Waals surface area contributed by atoms with Gasteiger partial charge in [0.25, 0.3) is 0 Å². The monoisotopic (exact) mass is 273 g/mol. The highest BCUT2D eigenvalue weighted by Gasteiger charge is 2.32. The second-order valence-electron chi connectivity index (χ2n) is 4.54. The van der Waals surface area contributed by atoms with Crippen molar-refractivity contribution in [3.63, 3.8) is 0 Å². The number of thioether (sulfide) groups is 1. The summed E-state index contributed by atoms with van der Waals surface area (Å²) in [5.41, 5.74) is 11.2. The first kappa shape index (κ1) is 15.3. The van der Waals surface area contributed by atoms with Gasteiger partial charge in [-0.15, -0.1) is 0 Å². The summed E-state index contributed by atoms with van der Waals surface area (Å²) >= 11 is 1.77. The minimum atomic E-state index is -0.510. The van der Waals surface area contributed by atoms with E-state index in [9.17, 15) is 9.59 Å². The van der Waals surface area contributed by atoms with Gasteiger partial charge in [-0.05, 0) is 37.2 Å². The van der Waals surface area contributed by atoms with Crippen LogP contribution >= 0.6 is 11.8 Å². The van der Waals surface area contributed by atoms with Crippen molar-refractivity contribution in [2.75, 3.05) is 18.1 Å². The zero-order chi connectivity index (χ0) is 13.5. The number of carbonyl (C=O) groups excluding carboxylic acids is 2. The largest absolute Gasteiger partial charge is 0.368 e. The molecule has 0 aromatic rings. The Kier molecular flexibility index (Phi) is 6.49. The summed E-state index contributed by atoms with van der Waals surface area (Å²) in [6, 6.07) is -0.972. The van der Waals surface area contributed by atoms with Gasteiger partial charge in [0.1, 0.15) is 6.04 Å². The molecule has 0 saturated carbocycles. The third kappa shape index (κ3) is 4.17. The van der Waals surface area contributed by atoms with E-state index in [-0.39, 0.29) is 5.91 Å². The summed E-state index contributed by atoms with van der Waals surface area (Å²) in [4.78, 5) is 25.1. The molecular formula is C12H23N3O2S. The number of nitrogens with zero attached hydrogens (tertiary/aromatic N) is 1. The van der Waals surface area contributed by atoms with Crippen molar-refractivity contribution >= 4 is 23.6 Å². The first-order valence-electron chi connectivity index (χ1n) is 6.51. The molecule has 5 nitrogen and oxygen atoms in total. The van der Waals surface area contributed by atoms with Crippen molar-refractivity contribution in [1.29, 1.82) is 0 Å². The molecule has 0 spiro atoms. The fraction of sp³-hybridized carbons (Fsp3) is 0.833. The molecular weight excluding hydrogens is 250 g/mol. The lowest BCUT2D eigenvalue weighted by Crippen LogP contribution is -2.55. The van der Waals surface area contributed by atoms with E-state index in [1.54, 1.807) is 16.7 Å². The van der Waals surface area contributed by atoms with Crippen molar-refractivity contribution in [3.05, 3.63) is 0 Å². The molecule has 6 heteroatoms. The van der Waals surface area contributed by atoms with Gasteiger partial charge in [0.15, 0.2) is 0 Å². The van der Waals surface area contributed by atoms with Crippen LogP contribution < -0.4 is 11.5 Å². The van der Waals surface area contributed by atoms with Crippen LogP contribution in [0.2, 0.25) is 0 Å². The summed E-state index contributed by atoms with van der Waals surface area (Å²) in [5, 5.41) is 0. The van der Waals surface area contributed by atoms with Gasteiger partial charge in [-0.2, -0.15) is 11.8 Å². The minimum Gasteiger partial charge on any atom is -0.368 e. The topological polar surface area (TPSA) is 89.4 Å². The van der Waals surface area contributed by atoms with Crippen LogP contribution in [0.5, 0.6) is 0 Å². The summed E-state index contributed by atoms with van der Waals surface area (Å²) in [7, 11) is 0. The van der Waals surface area contributed by atoms with E-state index >= 15 is 0 Å². The molecule has 18 heavy (non-hydrogen) atoms. The molecule has 1 aliphatic heterocycles. The number of piperidine rings is 1. The lowest BCUT2D eigenvalue weighted by atomic mass is 10.00. The number of hydrogen-bond acceptors (Lipinski definition) is 4. The molecule has 0 bridgehead atoms. The molecule has 0 radical (unpaired) electrons. The SMILES string of the molecule is CCSCC[C@H](N)C(=O)N1CCCCC1C(N)=O. The van der Waals surface area contributed by atoms with Crippen LogP contribution in [0.1, 0.15) is 32.6 Å². The summed E-state index contributed by atoms with van der Waals surface area (Å²) in [6.07, 6.45) is 3.18. The number of hydrogen-bond donors (Lipinski definition) is 2. The van der Waals surface area contributed by atoms with Gasteiger partial charge in [-0.25, -0.2) is 0 Å². The van der Waals surface area contributed by atoms with Crippen molar-refractivity contribution in [2.24, 2.45) is 11.5 Å². The molecule has 104 valence electrons. The molecule has 2 amide bonds. The second-order valence-corrected chi connectivity index (χ2v) is 5.93. The molecule has 1 heterocycles. The van der Waals surface area contributed by atoms with Gasteiger partial charge >= 0.3 is 0 Å². The molecule has 1 rings (SSSR count). The summed E-state index contributed by atoms with van der Waals surface area (Å²) in [6.45, 7) is 2.67. The Morgan fingerprint density at radius 2 is 2.17 bits per heavy atom. The maximum absolute atomic E-state index is 12.2. The third-order valence-electron chi connectivity index (χ3n) is 3.21. The highest BCUT2D eigenvalue weighted by atomic mass is 32.2. The summed E-state index contributed by atoms with van der Waals surface area (Å²) in [5.74, 6) is 1.35. The van der Waals surface area contributed by atoms with Crippen LogP contribution in [0.25, 0.3) is 0 Å². The van der Waals surface area contributed by atoms with E-state index in [0.29, 0.717) is 19.4 Å². The van der Waals surface area contributed by atoms with Crippen LogP contribution in [0.3, 0.4) is 0 Å². The van der Waals surface area contributed by atoms with Crippen LogP contribution in [-0.2, 0) is 9.59 Å². The Hall–Kier alpha value is -0.750. The molecule has 2 atom stereocenters. The molecule has 0 aliphatic carbocycles. The highest BCUT2D eigenvalue weighted by Crippen LogP contribution is 2.18. The molecule has 1 fully saturated rings. The van der Waals surface area contributed by atoms with E-state index in [2.05, 4.69) is 6.92 Å². The highest BCUT2D eigenvalue weighted by molar-refractivity contribution is 7.99. The minimum absolute atomic E-state index is 0.129. The Bertz CT molecular complexity index is 299. The normalized spacial score (nSPS) is 21.7. The average molecular weight is 273 g/mol. The maximum atomic E-state index is 12.2. The van der Waals surface area contributed by atoms with E-state index in [4.69, 9.17) is 11.5 Å². The Morgan fingerprint density at radius 3 is 2.78 bits per heavy atom. The predicted octanol–water partition coefficient (Wildman–Crippen LogP) is 0.323. The quantitative estimate of drug-likeness (QED) is 0.682. The van der Waals surface area contributed by atoms with Gasteiger partial charge in [-0.3, -0.25) is 9.59 Å². The molecule has 1 saturated heterocycles. The maximum Gasteiger partial charge on any atom is 0.240 e. The van der Waals surface area contributed by atoms with Crippen molar-refractivity contribution in [2.45, 2.75) is 44.7 Å². The number of nitrogens with two attached hydrogens (primary N) is 2. The number of carbonyl (C=O) groups is 2. The van der Waals surface area contributed by atoms with Crippen molar-refractivity contribution in [1.82, 2.24) is 4.90 Å². The summed E-state index contributed by atoms with van der Waals surface area (Å²) < 4.78 is 0. The van der Waals surface area contributed by atoms with Crippen molar-refractivity contribution in [3.8, 4) is 0 Å². The standard InChI is InChI=1S/C12H23N3O2S/c1-2-18-8-6-9(13)12(17)15-7-4-3-5-10(15)11(14)16/h9-10H,2-8,13H2,1H3,(H2,14,16)/t9-,10?/m0/s1. The van der Waals surface area contributed by atoms with Crippen molar-refractivity contribution < 1.29 is 9.59 Å². The van der Waals surface area contributed by atoms with Gasteiger partial charge in [-0.1, -0.05) is 6.92 Å². The van der Waals surface area contributed by atoms with Crippen LogP contribution in [-0.4, -0.2) is 46.8 Å². The zero-order valence-corrected chi connectivity index (χ0v) is 11.7. The fourth-order valence-corrected chi connectivity index (χ4v) is 2.89. The lowest BCUT2D eigenvalue weighted by molar-refractivity contribution is -0.142. The Labute approximate surface area is 113 Å². The average Bonchev–Trinajstić information content (AvgIpc) is 2.38. The van der Waals surface area contributed by atoms with Gasteiger partial charge < -0.3 is 16.4 Å². The van der Waals surface area contributed by atoms with Gasteiger partial charge in [0, 0.05) is 6.54 Å². The first-order valence-corrected chi connectivity index (χ1v) is 7.66. The van der Waals surface area contributed by atoms with Gasteiger partial charge in [0.05, 0.1) is 6.04 Å². The van der Waals surface area contributed by atoms with E-state index in [1.165, 1.54) is 0 Å². The van der Waals surface area contributed by atoms with Crippen LogP contribution in [0, 0.1) is 0 Å². The van der Waals surface area contributed by atoms with Gasteiger partial charge in [0.2, 0.25) is 11.8 Å². The zero-order valence-electron chi connectivity index (χ0n) is 10.9. The number of rotatable bonds is 6. The number of primary amides is 1. The number of amides is 2. The van der Waals surface area contributed by atoms with E-state index in [1.807, 2.05) is 0 Å². The van der Waals surface area contributed by atoms with E-state index in [0.717, 1.165) is 24.3 Å². The van der Waals surface area contributed by atoms with Crippen LogP contribution in [0.15, 0.2) is 0 Å². The molecule has 1 aliphatic rings. The first-order chi connectivity index (χ1) is 8.57. The molecule has 0 aromatic heterocycles. The lowest BCUT2D eigenvalue weighted by Gasteiger charge is -2.35. The molecule has 0 aromatic carbocycles. The van der Waals surface area contributed by atoms with Crippen LogP contribution in [0.4, 0.5) is 0 Å². The Morgan fingerprint density at radius 1 is 1.44 bits per heavy atom. The molecule has 4 N–H and O–H groups in total. The number of likely N-dealkylation sites (tertiary alicyclic amines) is 1. The third-order valence-corrected chi connectivity index (χ3v) is 4.14. The fourth-order valence-electron chi connectivity index (χ4n) is 2.18. The predicted molar refractivity (Wildman–Crippen MR) is 74.1 cm³/mol. The second kappa shape index (κ2) is 7.63. The smallest absolute Gasteiger partial charge is 0.240 e.